The second-order valence-electron chi connectivity index (χ2n) is 8.60. The van der Waals surface area contributed by atoms with Gasteiger partial charge >= 0.3 is 0 Å². The summed E-state index contributed by atoms with van der Waals surface area (Å²) in [7, 11) is 1.31. The molecule has 35 heavy (non-hydrogen) atoms. The Morgan fingerprint density at radius 3 is 2.60 bits per heavy atom. The van der Waals surface area contributed by atoms with E-state index < -0.39 is 10.0 Å². The van der Waals surface area contributed by atoms with E-state index in [2.05, 4.69) is 20.3 Å². The first-order chi connectivity index (χ1) is 16.7. The predicted molar refractivity (Wildman–Crippen MR) is 135 cm³/mol. The zero-order valence-electron chi connectivity index (χ0n) is 20.3. The van der Waals surface area contributed by atoms with Crippen molar-refractivity contribution in [1.29, 1.82) is 0 Å². The molecule has 0 spiro atoms. The minimum Gasteiger partial charge on any atom is -0.346 e. The van der Waals surface area contributed by atoms with Gasteiger partial charge in [-0.15, -0.1) is 0 Å². The van der Waals surface area contributed by atoms with Gasteiger partial charge in [0.1, 0.15) is 11.6 Å². The zero-order valence-corrected chi connectivity index (χ0v) is 21.1. The first-order valence-electron chi connectivity index (χ1n) is 11.5. The van der Waals surface area contributed by atoms with Gasteiger partial charge in [0, 0.05) is 34.0 Å². The molecule has 1 unspecified atom stereocenters. The van der Waals surface area contributed by atoms with Crippen LogP contribution in [0.25, 0.3) is 22.3 Å². The molecule has 0 aliphatic carbocycles. The summed E-state index contributed by atoms with van der Waals surface area (Å²) in [4.78, 5) is 25.3. The monoisotopic (exact) mass is 494 g/mol. The number of carbonyl (C=O) groups is 1. The van der Waals surface area contributed by atoms with Crippen molar-refractivity contribution in [3.63, 3.8) is 0 Å². The Hall–Kier alpha value is -3.50. The number of aryl methyl sites for hydroxylation is 2. The van der Waals surface area contributed by atoms with Gasteiger partial charge in [-0.1, -0.05) is 37.3 Å². The number of rotatable bonds is 9. The predicted octanol–water partition coefficient (Wildman–Crippen LogP) is 3.41. The summed E-state index contributed by atoms with van der Waals surface area (Å²) in [5, 5.41) is 3.06. The summed E-state index contributed by atoms with van der Waals surface area (Å²) in [6, 6.07) is 14.6. The Bertz CT molecular complexity index is 1440. The second-order valence-corrected chi connectivity index (χ2v) is 10.8. The van der Waals surface area contributed by atoms with E-state index in [1.165, 1.54) is 18.4 Å². The van der Waals surface area contributed by atoms with E-state index >= 15 is 0 Å². The lowest BCUT2D eigenvalue weighted by Gasteiger charge is -2.14. The Balaban J connectivity index is 1.43. The number of aromatic amines is 1. The molecule has 9 nitrogen and oxygen atoms in total. The van der Waals surface area contributed by atoms with Crippen molar-refractivity contribution < 1.29 is 13.2 Å². The van der Waals surface area contributed by atoms with Gasteiger partial charge < -0.3 is 14.9 Å². The average molecular weight is 495 g/mol. The first-order valence-corrected chi connectivity index (χ1v) is 12.9. The van der Waals surface area contributed by atoms with Crippen molar-refractivity contribution in [2.45, 2.75) is 37.1 Å². The van der Waals surface area contributed by atoms with Crippen LogP contribution in [0, 0.1) is 0 Å². The SMILES string of the molecule is CCC(NC(=O)CCc1nc2cc(S(=O)(=O)N(C)C)ccc2n1C)c1ncc(-c2ccccc2)[nH]1. The topological polar surface area (TPSA) is 113 Å². The second kappa shape index (κ2) is 10.0. The highest BCUT2D eigenvalue weighted by Crippen LogP contribution is 2.23. The fourth-order valence-electron chi connectivity index (χ4n) is 3.96. The Morgan fingerprint density at radius 1 is 1.17 bits per heavy atom. The summed E-state index contributed by atoms with van der Waals surface area (Å²) >= 11 is 0. The molecule has 10 heteroatoms. The molecule has 2 N–H and O–H groups in total. The third-order valence-corrected chi connectivity index (χ3v) is 7.86. The molecule has 2 heterocycles. The average Bonchev–Trinajstić information content (AvgIpc) is 3.46. The number of sulfonamides is 1. The standard InChI is InChI=1S/C25H30N6O3S/c1-5-19(25-26-16-21(29-25)17-9-7-6-8-10-17)28-24(32)14-13-23-27-20-15-18(35(33,34)30(2)3)11-12-22(20)31(23)4/h6-12,15-16,19H,5,13-14H2,1-4H3,(H,26,29)(H,28,32). The summed E-state index contributed by atoms with van der Waals surface area (Å²) in [5.41, 5.74) is 3.34. The summed E-state index contributed by atoms with van der Waals surface area (Å²) in [6.45, 7) is 2.00. The Kier molecular flexibility index (Phi) is 7.04. The maximum absolute atomic E-state index is 12.7. The van der Waals surface area contributed by atoms with Crippen LogP contribution in [0.15, 0.2) is 59.6 Å². The van der Waals surface area contributed by atoms with Crippen LogP contribution in [0.3, 0.4) is 0 Å². The van der Waals surface area contributed by atoms with E-state index in [0.29, 0.717) is 24.2 Å². The third kappa shape index (κ3) is 5.13. The molecule has 4 aromatic rings. The number of amides is 1. The summed E-state index contributed by atoms with van der Waals surface area (Å²) in [6.07, 6.45) is 3.16. The number of hydrogen-bond donors (Lipinski definition) is 2. The lowest BCUT2D eigenvalue weighted by atomic mass is 10.2. The molecule has 2 aromatic heterocycles. The maximum atomic E-state index is 12.7. The van der Waals surface area contributed by atoms with Crippen LogP contribution in [0.1, 0.15) is 37.5 Å². The van der Waals surface area contributed by atoms with Crippen LogP contribution in [-0.2, 0) is 28.3 Å². The van der Waals surface area contributed by atoms with Gasteiger partial charge in [-0.3, -0.25) is 4.79 Å². The lowest BCUT2D eigenvalue weighted by Crippen LogP contribution is -2.29. The van der Waals surface area contributed by atoms with E-state index in [4.69, 9.17) is 0 Å². The molecule has 0 aliphatic heterocycles. The number of hydrogen-bond acceptors (Lipinski definition) is 5. The van der Waals surface area contributed by atoms with Crippen LogP contribution in [-0.4, -0.2) is 52.2 Å². The van der Waals surface area contributed by atoms with Crippen molar-refractivity contribution in [2.75, 3.05) is 14.1 Å². The van der Waals surface area contributed by atoms with Crippen LogP contribution in [0.4, 0.5) is 0 Å². The van der Waals surface area contributed by atoms with Gasteiger partial charge in [-0.2, -0.15) is 0 Å². The normalized spacial score (nSPS) is 12.8. The van der Waals surface area contributed by atoms with Gasteiger partial charge in [0.05, 0.1) is 33.9 Å². The molecular formula is C25H30N6O3S. The summed E-state index contributed by atoms with van der Waals surface area (Å²) in [5.74, 6) is 1.33. The minimum absolute atomic E-state index is 0.0996. The number of carbonyl (C=O) groups excluding carboxylic acids is 1. The molecule has 4 rings (SSSR count). The number of benzene rings is 2. The highest BCUT2D eigenvalue weighted by molar-refractivity contribution is 7.89. The first kappa shape index (κ1) is 24.6. The molecular weight excluding hydrogens is 464 g/mol. The number of imidazole rings is 2. The van der Waals surface area contributed by atoms with Crippen molar-refractivity contribution in [1.82, 2.24) is 29.1 Å². The van der Waals surface area contributed by atoms with Crippen molar-refractivity contribution in [3.8, 4) is 11.3 Å². The fraction of sp³-hybridized carbons (Fsp3) is 0.320. The van der Waals surface area contributed by atoms with Gasteiger partial charge in [0.15, 0.2) is 0 Å². The highest BCUT2D eigenvalue weighted by atomic mass is 32.2. The molecule has 0 saturated heterocycles. The van der Waals surface area contributed by atoms with Crippen molar-refractivity contribution in [3.05, 3.63) is 66.4 Å². The Morgan fingerprint density at radius 2 is 1.91 bits per heavy atom. The maximum Gasteiger partial charge on any atom is 0.242 e. The van der Waals surface area contributed by atoms with Gasteiger partial charge in [-0.05, 0) is 30.2 Å². The third-order valence-electron chi connectivity index (χ3n) is 6.05. The Labute approximate surface area is 205 Å². The largest absolute Gasteiger partial charge is 0.346 e. The fourth-order valence-corrected chi connectivity index (χ4v) is 4.88. The number of fused-ring (bicyclic) bond motifs is 1. The van der Waals surface area contributed by atoms with Crippen LogP contribution in [0.5, 0.6) is 0 Å². The number of aromatic nitrogens is 4. The molecule has 0 radical (unpaired) electrons. The van der Waals surface area contributed by atoms with Crippen LogP contribution >= 0.6 is 0 Å². The van der Waals surface area contributed by atoms with E-state index in [1.807, 2.05) is 48.9 Å². The van der Waals surface area contributed by atoms with E-state index in [-0.39, 0.29) is 23.3 Å². The quantitative estimate of drug-likeness (QED) is 0.370. The van der Waals surface area contributed by atoms with Gasteiger partial charge in [0.25, 0.3) is 0 Å². The number of nitrogens with one attached hydrogen (secondary N) is 2. The van der Waals surface area contributed by atoms with E-state index in [0.717, 1.165) is 22.6 Å². The molecule has 184 valence electrons. The van der Waals surface area contributed by atoms with Crippen LogP contribution in [0.2, 0.25) is 0 Å². The zero-order chi connectivity index (χ0) is 25.2. The number of H-pyrrole nitrogens is 1. The van der Waals surface area contributed by atoms with Crippen LogP contribution < -0.4 is 5.32 Å². The van der Waals surface area contributed by atoms with E-state index in [1.54, 1.807) is 24.4 Å². The van der Waals surface area contributed by atoms with Crippen molar-refractivity contribution in [2.24, 2.45) is 7.05 Å². The smallest absolute Gasteiger partial charge is 0.242 e. The van der Waals surface area contributed by atoms with E-state index in [9.17, 15) is 13.2 Å². The van der Waals surface area contributed by atoms with Crippen molar-refractivity contribution >= 4 is 27.0 Å². The molecule has 1 atom stereocenters. The molecule has 0 saturated carbocycles. The molecule has 2 aromatic carbocycles. The van der Waals surface area contributed by atoms with Gasteiger partial charge in [-0.25, -0.2) is 22.7 Å². The minimum atomic E-state index is -3.55. The van der Waals surface area contributed by atoms with Gasteiger partial charge in [0.2, 0.25) is 15.9 Å². The molecule has 0 fully saturated rings. The number of nitrogens with zero attached hydrogens (tertiary/aromatic N) is 4. The highest BCUT2D eigenvalue weighted by Gasteiger charge is 2.20. The molecule has 0 aliphatic rings. The molecule has 1 amide bonds. The lowest BCUT2D eigenvalue weighted by molar-refractivity contribution is -0.121. The molecule has 0 bridgehead atoms. The summed E-state index contributed by atoms with van der Waals surface area (Å²) < 4.78 is 28.0.